The summed E-state index contributed by atoms with van der Waals surface area (Å²) in [6, 6.07) is 19.9. The lowest BCUT2D eigenvalue weighted by atomic mass is 10.2. The fourth-order valence-corrected chi connectivity index (χ4v) is 4.76. The number of hydrogen-bond acceptors (Lipinski definition) is 0. The van der Waals surface area contributed by atoms with E-state index in [1.807, 2.05) is 0 Å². The van der Waals surface area contributed by atoms with Gasteiger partial charge in [0.25, 0.3) is 0 Å². The molecule has 0 N–H and O–H groups in total. The second-order valence-corrected chi connectivity index (χ2v) is 9.79. The van der Waals surface area contributed by atoms with Crippen LogP contribution < -0.4 is 10.4 Å². The number of hydrogen-bond donors (Lipinski definition) is 0. The normalized spacial score (nSPS) is 11.5. The molecule has 0 unspecified atom stereocenters. The summed E-state index contributed by atoms with van der Waals surface area (Å²) in [6.07, 6.45) is 0. The average molecular weight is 305 g/mol. The van der Waals surface area contributed by atoms with Crippen LogP contribution >= 0.6 is 15.9 Å². The van der Waals surface area contributed by atoms with Crippen LogP contribution in [-0.2, 0) is 5.33 Å². The Kier molecular flexibility index (Phi) is 3.85. The molecule has 0 aliphatic rings. The monoisotopic (exact) mass is 304 g/mol. The van der Waals surface area contributed by atoms with Crippen molar-refractivity contribution in [3.8, 4) is 0 Å². The molecule has 0 atom stereocenters. The molecule has 0 spiro atoms. The minimum atomic E-state index is -1.51. The van der Waals surface area contributed by atoms with Crippen molar-refractivity contribution < 1.29 is 0 Å². The number of alkyl halides is 1. The van der Waals surface area contributed by atoms with Crippen molar-refractivity contribution in [2.45, 2.75) is 18.4 Å². The van der Waals surface area contributed by atoms with Crippen molar-refractivity contribution in [2.24, 2.45) is 0 Å². The quantitative estimate of drug-likeness (QED) is 0.602. The fourth-order valence-electron chi connectivity index (χ4n) is 2.03. The highest BCUT2D eigenvalue weighted by Gasteiger charge is 2.25. The van der Waals surface area contributed by atoms with E-state index in [0.717, 1.165) is 5.33 Å². The van der Waals surface area contributed by atoms with E-state index in [4.69, 9.17) is 0 Å². The lowest BCUT2D eigenvalue weighted by molar-refractivity contribution is 1.45. The van der Waals surface area contributed by atoms with E-state index in [1.165, 1.54) is 15.9 Å². The smallest absolute Gasteiger partial charge is 0.0876 e. The molecule has 0 aliphatic heterocycles. The molecule has 2 aromatic carbocycles. The van der Waals surface area contributed by atoms with Crippen LogP contribution in [0.4, 0.5) is 0 Å². The molecule has 0 aliphatic carbocycles. The maximum absolute atomic E-state index is 3.49. The molecule has 0 saturated carbocycles. The molecule has 0 aromatic heterocycles. The van der Waals surface area contributed by atoms with E-state index < -0.39 is 8.07 Å². The van der Waals surface area contributed by atoms with Crippen molar-refractivity contribution >= 4 is 34.4 Å². The maximum Gasteiger partial charge on any atom is 0.112 e. The average Bonchev–Trinajstić information content (AvgIpc) is 2.40. The first-order chi connectivity index (χ1) is 8.14. The van der Waals surface area contributed by atoms with Crippen LogP contribution in [0.15, 0.2) is 54.6 Å². The minimum Gasteiger partial charge on any atom is -0.0876 e. The molecule has 0 amide bonds. The van der Waals surface area contributed by atoms with E-state index in [0.29, 0.717) is 0 Å². The Morgan fingerprint density at radius 1 is 0.824 bits per heavy atom. The topological polar surface area (TPSA) is 0 Å². The van der Waals surface area contributed by atoms with Crippen LogP contribution in [-0.4, -0.2) is 8.07 Å². The molecule has 0 bridgehead atoms. The molecule has 0 nitrogen and oxygen atoms in total. The first-order valence-electron chi connectivity index (χ1n) is 5.85. The van der Waals surface area contributed by atoms with Crippen molar-refractivity contribution in [2.75, 3.05) is 0 Å². The van der Waals surface area contributed by atoms with E-state index in [1.54, 1.807) is 0 Å². The highest BCUT2D eigenvalue weighted by atomic mass is 79.9. The van der Waals surface area contributed by atoms with Gasteiger partial charge in [-0.3, -0.25) is 0 Å². The molecule has 88 valence electrons. The Hall–Kier alpha value is -0.863. The van der Waals surface area contributed by atoms with E-state index in [-0.39, 0.29) is 0 Å². The first-order valence-corrected chi connectivity index (χ1v) is 9.97. The molecule has 2 aromatic rings. The Bertz CT molecular complexity index is 474. The van der Waals surface area contributed by atoms with Gasteiger partial charge in [-0.05, 0) is 5.56 Å². The van der Waals surface area contributed by atoms with Crippen molar-refractivity contribution in [3.05, 3.63) is 60.2 Å². The Labute approximate surface area is 113 Å². The third kappa shape index (κ3) is 2.69. The third-order valence-corrected chi connectivity index (χ3v) is 7.53. The van der Waals surface area contributed by atoms with Gasteiger partial charge in [0, 0.05) is 5.33 Å². The molecule has 2 heteroatoms. The summed E-state index contributed by atoms with van der Waals surface area (Å²) in [5, 5.41) is 3.92. The molecular weight excluding hydrogens is 288 g/mol. The van der Waals surface area contributed by atoms with Gasteiger partial charge in [-0.15, -0.1) is 0 Å². The van der Waals surface area contributed by atoms with Crippen LogP contribution in [0.3, 0.4) is 0 Å². The lowest BCUT2D eigenvalue weighted by Crippen LogP contribution is -2.52. The SMILES string of the molecule is C[Si](C)(c1ccccc1)c1ccc(CBr)cc1. The van der Waals surface area contributed by atoms with Crippen LogP contribution in [0.1, 0.15) is 5.56 Å². The summed E-state index contributed by atoms with van der Waals surface area (Å²) in [5.41, 5.74) is 1.34. The highest BCUT2D eigenvalue weighted by Crippen LogP contribution is 2.08. The van der Waals surface area contributed by atoms with Gasteiger partial charge in [0.15, 0.2) is 0 Å². The molecule has 0 saturated heterocycles. The largest absolute Gasteiger partial charge is 0.112 e. The van der Waals surface area contributed by atoms with Gasteiger partial charge in [-0.2, -0.15) is 0 Å². The summed E-state index contributed by atoms with van der Waals surface area (Å²) in [4.78, 5) is 0. The van der Waals surface area contributed by atoms with Crippen LogP contribution in [0.5, 0.6) is 0 Å². The lowest BCUT2D eigenvalue weighted by Gasteiger charge is -2.23. The predicted molar refractivity (Wildman–Crippen MR) is 82.3 cm³/mol. The zero-order chi connectivity index (χ0) is 12.3. The summed E-state index contributed by atoms with van der Waals surface area (Å²) < 4.78 is 0. The Morgan fingerprint density at radius 3 is 1.88 bits per heavy atom. The van der Waals surface area contributed by atoms with Crippen LogP contribution in [0.25, 0.3) is 0 Å². The second kappa shape index (κ2) is 5.19. The number of benzene rings is 2. The fraction of sp³-hybridized carbons (Fsp3) is 0.200. The van der Waals surface area contributed by atoms with Crippen molar-refractivity contribution in [1.82, 2.24) is 0 Å². The minimum absolute atomic E-state index is 0.931. The van der Waals surface area contributed by atoms with E-state index in [2.05, 4.69) is 83.6 Å². The maximum atomic E-state index is 3.49. The van der Waals surface area contributed by atoms with Crippen LogP contribution in [0.2, 0.25) is 13.1 Å². The number of rotatable bonds is 3. The predicted octanol–water partition coefficient (Wildman–Crippen LogP) is 3.40. The molecule has 0 radical (unpaired) electrons. The Balaban J connectivity index is 2.37. The highest BCUT2D eigenvalue weighted by molar-refractivity contribution is 9.08. The summed E-state index contributed by atoms with van der Waals surface area (Å²) in [6.45, 7) is 4.82. The summed E-state index contributed by atoms with van der Waals surface area (Å²) in [7, 11) is -1.51. The summed E-state index contributed by atoms with van der Waals surface area (Å²) >= 11 is 3.49. The van der Waals surface area contributed by atoms with Gasteiger partial charge in [0.2, 0.25) is 0 Å². The second-order valence-electron chi connectivity index (χ2n) is 4.82. The van der Waals surface area contributed by atoms with Gasteiger partial charge in [0.1, 0.15) is 8.07 Å². The van der Waals surface area contributed by atoms with Gasteiger partial charge in [0.05, 0.1) is 0 Å². The molecule has 0 heterocycles. The molecular formula is C15H17BrSi. The first kappa shape index (κ1) is 12.6. The van der Waals surface area contributed by atoms with Gasteiger partial charge in [-0.1, -0.05) is 94.0 Å². The molecule has 17 heavy (non-hydrogen) atoms. The third-order valence-electron chi connectivity index (χ3n) is 3.33. The van der Waals surface area contributed by atoms with Gasteiger partial charge < -0.3 is 0 Å². The van der Waals surface area contributed by atoms with Crippen molar-refractivity contribution in [3.63, 3.8) is 0 Å². The van der Waals surface area contributed by atoms with E-state index in [9.17, 15) is 0 Å². The van der Waals surface area contributed by atoms with Crippen molar-refractivity contribution in [1.29, 1.82) is 0 Å². The number of halogens is 1. The van der Waals surface area contributed by atoms with E-state index >= 15 is 0 Å². The standard InChI is InChI=1S/C15H17BrSi/c1-17(2,14-6-4-3-5-7-14)15-10-8-13(12-16)9-11-15/h3-11H,12H2,1-2H3. The zero-order valence-corrected chi connectivity index (χ0v) is 12.9. The molecule has 0 fully saturated rings. The van der Waals surface area contributed by atoms with Gasteiger partial charge in [-0.25, -0.2) is 0 Å². The summed E-state index contributed by atoms with van der Waals surface area (Å²) in [5.74, 6) is 0. The van der Waals surface area contributed by atoms with Crippen LogP contribution in [0, 0.1) is 0 Å². The van der Waals surface area contributed by atoms with Gasteiger partial charge >= 0.3 is 0 Å². The molecule has 2 rings (SSSR count). The zero-order valence-electron chi connectivity index (χ0n) is 10.3. The Morgan fingerprint density at radius 2 is 1.35 bits per heavy atom.